The van der Waals surface area contributed by atoms with Gasteiger partial charge in [-0.25, -0.2) is 0 Å². The molecule has 4 N–H and O–H groups in total. The number of cyclic esters (lactones) is 1. The highest BCUT2D eigenvalue weighted by atomic mass is 16.6. The Hall–Kier alpha value is -3.10. The summed E-state index contributed by atoms with van der Waals surface area (Å²) in [7, 11) is 3.87. The molecule has 4 rings (SSSR count). The number of carbonyl (C=O) groups excluding carboxylic acids is 2. The van der Waals surface area contributed by atoms with Crippen molar-refractivity contribution < 1.29 is 43.9 Å². The summed E-state index contributed by atoms with van der Waals surface area (Å²) in [6, 6.07) is 8.14. The zero-order valence-electron chi connectivity index (χ0n) is 34.4. The Labute approximate surface area is 328 Å². The summed E-state index contributed by atoms with van der Waals surface area (Å²) < 4.78 is 23.4. The Balaban J connectivity index is 1.54. The van der Waals surface area contributed by atoms with Crippen molar-refractivity contribution in [2.45, 2.75) is 135 Å². The van der Waals surface area contributed by atoms with Gasteiger partial charge < -0.3 is 49.4 Å². The fourth-order valence-corrected chi connectivity index (χ4v) is 7.79. The third kappa shape index (κ3) is 12.7. The highest BCUT2D eigenvalue weighted by Crippen LogP contribution is 2.39. The minimum absolute atomic E-state index is 0.0325. The Morgan fingerprint density at radius 3 is 2.44 bits per heavy atom. The van der Waals surface area contributed by atoms with Crippen LogP contribution in [0.1, 0.15) is 79.7 Å². The van der Waals surface area contributed by atoms with E-state index in [-0.39, 0.29) is 49.4 Å². The second-order valence-corrected chi connectivity index (χ2v) is 16.4. The molecule has 0 spiro atoms. The first-order valence-corrected chi connectivity index (χ1v) is 19.9. The Kier molecular flexibility index (Phi) is 16.1. The number of rotatable bonds is 14. The van der Waals surface area contributed by atoms with Crippen LogP contribution >= 0.6 is 0 Å². The number of likely N-dealkylation sites (N-methyl/N-ethyl adjacent to an activating group) is 1. The normalized spacial score (nSPS) is 31.5. The molecule has 3 aliphatic heterocycles. The van der Waals surface area contributed by atoms with E-state index in [2.05, 4.69) is 60.3 Å². The van der Waals surface area contributed by atoms with E-state index in [4.69, 9.17) is 18.9 Å². The van der Waals surface area contributed by atoms with Gasteiger partial charge in [0.2, 0.25) is 0 Å². The lowest BCUT2D eigenvalue weighted by Gasteiger charge is -2.34. The molecule has 0 aromatic heterocycles. The number of benzene rings is 1. The minimum Gasteiger partial charge on any atom is -0.457 e. The topological polar surface area (TPSA) is 154 Å². The van der Waals surface area contributed by atoms with Gasteiger partial charge in [-0.3, -0.25) is 9.59 Å². The lowest BCUT2D eigenvalue weighted by molar-refractivity contribution is -0.157. The predicted molar refractivity (Wildman–Crippen MR) is 213 cm³/mol. The van der Waals surface area contributed by atoms with E-state index < -0.39 is 47.5 Å². The molecule has 2 saturated heterocycles. The first-order valence-electron chi connectivity index (χ1n) is 19.9. The Morgan fingerprint density at radius 1 is 1.15 bits per heavy atom. The van der Waals surface area contributed by atoms with Crippen molar-refractivity contribution >= 4 is 17.6 Å². The highest BCUT2D eigenvalue weighted by molar-refractivity contribution is 5.70. The molecule has 0 bridgehead atoms. The summed E-state index contributed by atoms with van der Waals surface area (Å²) >= 11 is 0. The van der Waals surface area contributed by atoms with Crippen LogP contribution in [0.15, 0.2) is 60.2 Å². The van der Waals surface area contributed by atoms with Gasteiger partial charge in [0.15, 0.2) is 0 Å². The second-order valence-electron chi connectivity index (χ2n) is 16.4. The van der Waals surface area contributed by atoms with Crippen LogP contribution in [-0.2, 0) is 35.1 Å². The summed E-state index contributed by atoms with van der Waals surface area (Å²) in [5, 5.41) is 37.4. The van der Waals surface area contributed by atoms with Crippen molar-refractivity contribution in [3.05, 3.63) is 65.8 Å². The monoisotopic (exact) mass is 769 g/mol. The lowest BCUT2D eigenvalue weighted by Crippen LogP contribution is -2.52. The van der Waals surface area contributed by atoms with E-state index in [9.17, 15) is 24.9 Å². The van der Waals surface area contributed by atoms with Gasteiger partial charge in [0.25, 0.3) is 0 Å². The molecule has 0 aliphatic carbocycles. The number of allylic oxidation sites excluding steroid dienone is 2. The van der Waals surface area contributed by atoms with Crippen LogP contribution < -0.4 is 10.2 Å². The van der Waals surface area contributed by atoms with Gasteiger partial charge in [-0.1, -0.05) is 57.2 Å². The third-order valence-electron chi connectivity index (χ3n) is 11.5. The molecule has 3 heterocycles. The predicted octanol–water partition coefficient (Wildman–Crippen LogP) is 4.31. The maximum absolute atomic E-state index is 13.0. The van der Waals surface area contributed by atoms with Crippen LogP contribution in [0.25, 0.3) is 0 Å². The van der Waals surface area contributed by atoms with E-state index in [1.165, 1.54) is 12.6 Å². The van der Waals surface area contributed by atoms with Crippen molar-refractivity contribution in [2.24, 2.45) is 11.8 Å². The minimum atomic E-state index is -1.46. The summed E-state index contributed by atoms with van der Waals surface area (Å²) in [4.78, 5) is 29.6. The zero-order chi connectivity index (χ0) is 40.5. The van der Waals surface area contributed by atoms with Crippen molar-refractivity contribution in [2.75, 3.05) is 45.2 Å². The number of aliphatic hydroxyl groups excluding tert-OH is 1. The molecule has 1 aromatic rings. The zero-order valence-corrected chi connectivity index (χ0v) is 34.4. The van der Waals surface area contributed by atoms with Crippen LogP contribution in [0.2, 0.25) is 0 Å². The van der Waals surface area contributed by atoms with Gasteiger partial charge in [0, 0.05) is 64.3 Å². The number of epoxide rings is 1. The average molecular weight is 770 g/mol. The van der Waals surface area contributed by atoms with E-state index in [1.807, 2.05) is 13.8 Å². The summed E-state index contributed by atoms with van der Waals surface area (Å²) in [5.74, 6) is -1.36. The summed E-state index contributed by atoms with van der Waals surface area (Å²) in [6.07, 6.45) is 6.49. The molecule has 0 saturated carbocycles. The quantitative estimate of drug-likeness (QED) is 0.0924. The van der Waals surface area contributed by atoms with Gasteiger partial charge in [0.1, 0.15) is 23.9 Å². The maximum Gasteiger partial charge on any atom is 0.309 e. The largest absolute Gasteiger partial charge is 0.457 e. The van der Waals surface area contributed by atoms with E-state index in [1.54, 1.807) is 51.3 Å². The van der Waals surface area contributed by atoms with Crippen molar-refractivity contribution in [1.29, 1.82) is 0 Å². The van der Waals surface area contributed by atoms with Gasteiger partial charge >= 0.3 is 11.9 Å². The van der Waals surface area contributed by atoms with Gasteiger partial charge in [-0.2, -0.15) is 0 Å². The molecule has 11 atom stereocenters. The van der Waals surface area contributed by atoms with Crippen LogP contribution in [-0.4, -0.2) is 126 Å². The smallest absolute Gasteiger partial charge is 0.309 e. The molecule has 11 unspecified atom stereocenters. The summed E-state index contributed by atoms with van der Waals surface area (Å²) in [6.45, 7) is 17.1. The standard InChI is InChI=1S/C43H67N3O9/c1-10-35(52-9)30(4)39-40(55-39)41(44-27-32-14-16-33(17-15-32)46-24-22-45(8)23-25-46)43(7,51)20-11-12-28(2)38-29(3)13-18-36(53-31(5)47)42(6,50)21-19-34(48)26-37(49)54-38/h11-18,20,29-30,34-36,38-41,44,48,50-51H,10,19,21-27H2,1-9H3. The molecular weight excluding hydrogens is 702 g/mol. The molecule has 1 aromatic carbocycles. The lowest BCUT2D eigenvalue weighted by atomic mass is 9.87. The van der Waals surface area contributed by atoms with Crippen molar-refractivity contribution in [3.63, 3.8) is 0 Å². The third-order valence-corrected chi connectivity index (χ3v) is 11.5. The number of nitrogens with zero attached hydrogens (tertiary/aromatic N) is 2. The van der Waals surface area contributed by atoms with Crippen molar-refractivity contribution in [3.8, 4) is 0 Å². The molecular formula is C43H67N3O9. The molecule has 3 aliphatic rings. The molecule has 12 nitrogen and oxygen atoms in total. The number of methoxy groups -OCH3 is 1. The SMILES string of the molecule is CCC(OC)C(C)C1OC1C(NCc1ccc(N2CCN(C)CC2)cc1)C(C)(O)C=CC=C(C)C1OC(=O)CC(O)CCC(C)(O)C(OC(C)=O)C=CC1C. The number of aliphatic hydroxyl groups is 3. The van der Waals surface area contributed by atoms with Gasteiger partial charge in [-0.15, -0.1) is 0 Å². The molecule has 308 valence electrons. The molecule has 55 heavy (non-hydrogen) atoms. The molecule has 2 fully saturated rings. The summed E-state index contributed by atoms with van der Waals surface area (Å²) in [5.41, 5.74) is 0.208. The average Bonchev–Trinajstić information content (AvgIpc) is 3.92. The Morgan fingerprint density at radius 2 is 1.82 bits per heavy atom. The van der Waals surface area contributed by atoms with Crippen molar-refractivity contribution in [1.82, 2.24) is 10.2 Å². The fourth-order valence-electron chi connectivity index (χ4n) is 7.79. The van der Waals surface area contributed by atoms with Crippen LogP contribution in [0, 0.1) is 11.8 Å². The van der Waals surface area contributed by atoms with Crippen LogP contribution in [0.4, 0.5) is 5.69 Å². The van der Waals surface area contributed by atoms with Crippen LogP contribution in [0.3, 0.4) is 0 Å². The van der Waals surface area contributed by atoms with Gasteiger partial charge in [-0.05, 0) is 76.4 Å². The number of carbonyl (C=O) groups is 2. The number of hydrogen-bond acceptors (Lipinski definition) is 12. The van der Waals surface area contributed by atoms with Gasteiger partial charge in [0.05, 0.1) is 36.4 Å². The second kappa shape index (κ2) is 19.9. The number of nitrogens with one attached hydrogen (secondary N) is 1. The fraction of sp³-hybridized carbons (Fsp3) is 0.674. The molecule has 0 radical (unpaired) electrons. The number of hydrogen-bond donors (Lipinski definition) is 4. The van der Waals surface area contributed by atoms with Crippen LogP contribution in [0.5, 0.6) is 0 Å². The van der Waals surface area contributed by atoms with E-state index in [0.29, 0.717) is 12.1 Å². The molecule has 12 heteroatoms. The number of anilines is 1. The first-order chi connectivity index (χ1) is 25.9. The van der Waals surface area contributed by atoms with E-state index in [0.717, 1.165) is 38.2 Å². The molecule has 0 amide bonds. The number of piperazine rings is 1. The van der Waals surface area contributed by atoms with E-state index >= 15 is 0 Å². The number of ether oxygens (including phenoxy) is 4. The maximum atomic E-state index is 13.0. The Bertz CT molecular complexity index is 1480. The number of esters is 2. The highest BCUT2D eigenvalue weighted by Gasteiger charge is 2.54. The first kappa shape index (κ1) is 44.6.